The first-order chi connectivity index (χ1) is 11.9. The van der Waals surface area contributed by atoms with Gasteiger partial charge < -0.3 is 10.2 Å². The van der Waals surface area contributed by atoms with Crippen molar-refractivity contribution in [2.24, 2.45) is 7.05 Å². The predicted molar refractivity (Wildman–Crippen MR) is 100 cm³/mol. The Kier molecular flexibility index (Phi) is 5.13. The van der Waals surface area contributed by atoms with E-state index in [0.717, 1.165) is 41.8 Å². The van der Waals surface area contributed by atoms with Crippen LogP contribution in [0, 0.1) is 0 Å². The molecule has 2 aromatic heterocycles. The molecule has 1 saturated heterocycles. The van der Waals surface area contributed by atoms with E-state index in [4.69, 9.17) is 0 Å². The maximum absolute atomic E-state index is 12.6. The molecule has 0 radical (unpaired) electrons. The van der Waals surface area contributed by atoms with Crippen molar-refractivity contribution in [3.8, 4) is 0 Å². The molecule has 25 heavy (non-hydrogen) atoms. The van der Waals surface area contributed by atoms with Crippen LogP contribution in [0.25, 0.3) is 10.2 Å². The van der Waals surface area contributed by atoms with Crippen LogP contribution in [-0.2, 0) is 11.8 Å². The lowest BCUT2D eigenvalue weighted by Crippen LogP contribution is -2.48. The van der Waals surface area contributed by atoms with Gasteiger partial charge in [0.25, 0.3) is 5.91 Å². The average Bonchev–Trinajstić information content (AvgIpc) is 3.15. The Morgan fingerprint density at radius 2 is 1.88 bits per heavy atom. The number of carbonyl (C=O) groups is 2. The number of nitrogens with one attached hydrogen (secondary N) is 1. The average molecular weight is 362 g/mol. The fraction of sp³-hybridized carbons (Fsp3) is 0.611. The van der Waals surface area contributed by atoms with E-state index in [1.54, 1.807) is 6.92 Å². The number of amides is 2. The van der Waals surface area contributed by atoms with Gasteiger partial charge in [-0.3, -0.25) is 14.3 Å². The molecule has 0 bridgehead atoms. The largest absolute Gasteiger partial charge is 0.341 e. The van der Waals surface area contributed by atoms with Gasteiger partial charge in [-0.2, -0.15) is 5.10 Å². The standard InChI is InChI=1S/C18H26N4O2S/c1-11(2)15-13-10-14(25-18(13)21(4)20-15)16(23)19-12(3)17(24)22-8-6-5-7-9-22/h10-12H,5-9H2,1-4H3,(H,19,23)/t12-/m0/s1. The molecule has 3 heterocycles. The molecular formula is C18H26N4O2S. The smallest absolute Gasteiger partial charge is 0.262 e. The van der Waals surface area contributed by atoms with E-state index in [2.05, 4.69) is 24.3 Å². The van der Waals surface area contributed by atoms with Gasteiger partial charge in [0.05, 0.1) is 10.6 Å². The summed E-state index contributed by atoms with van der Waals surface area (Å²) in [5.74, 6) is 0.126. The minimum absolute atomic E-state index is 0.0127. The van der Waals surface area contributed by atoms with E-state index in [1.165, 1.54) is 17.8 Å². The van der Waals surface area contributed by atoms with Gasteiger partial charge in [0.1, 0.15) is 10.9 Å². The van der Waals surface area contributed by atoms with Crippen molar-refractivity contribution in [1.29, 1.82) is 0 Å². The number of fused-ring (bicyclic) bond motifs is 1. The molecule has 6 nitrogen and oxygen atoms in total. The molecule has 0 aromatic carbocycles. The van der Waals surface area contributed by atoms with Gasteiger partial charge in [0, 0.05) is 25.5 Å². The number of rotatable bonds is 4. The number of nitrogens with zero attached hydrogens (tertiary/aromatic N) is 3. The normalized spacial score (nSPS) is 16.4. The number of aromatic nitrogens is 2. The number of carbonyl (C=O) groups excluding carboxylic acids is 2. The number of likely N-dealkylation sites (tertiary alicyclic amines) is 1. The predicted octanol–water partition coefficient (Wildman–Crippen LogP) is 2.89. The highest BCUT2D eigenvalue weighted by Crippen LogP contribution is 2.31. The number of hydrogen-bond donors (Lipinski definition) is 1. The summed E-state index contributed by atoms with van der Waals surface area (Å²) in [6.07, 6.45) is 3.28. The van der Waals surface area contributed by atoms with E-state index in [-0.39, 0.29) is 11.8 Å². The summed E-state index contributed by atoms with van der Waals surface area (Å²) in [7, 11) is 1.90. The Balaban J connectivity index is 1.73. The van der Waals surface area contributed by atoms with Crippen molar-refractivity contribution >= 4 is 33.4 Å². The fourth-order valence-electron chi connectivity index (χ4n) is 3.32. The van der Waals surface area contributed by atoms with Crippen molar-refractivity contribution in [3.05, 3.63) is 16.6 Å². The molecule has 1 aliphatic rings. The Morgan fingerprint density at radius 1 is 1.20 bits per heavy atom. The molecule has 136 valence electrons. The summed E-state index contributed by atoms with van der Waals surface area (Å²) in [6.45, 7) is 7.55. The third-order valence-corrected chi connectivity index (χ3v) is 5.90. The van der Waals surface area contributed by atoms with E-state index in [9.17, 15) is 9.59 Å². The third-order valence-electron chi connectivity index (χ3n) is 4.70. The topological polar surface area (TPSA) is 67.2 Å². The molecule has 3 rings (SSSR count). The van der Waals surface area contributed by atoms with Crippen molar-refractivity contribution < 1.29 is 9.59 Å². The summed E-state index contributed by atoms with van der Waals surface area (Å²) in [5, 5.41) is 8.43. The number of piperidine rings is 1. The molecule has 1 atom stereocenters. The molecule has 1 aliphatic heterocycles. The Bertz CT molecular complexity index is 786. The van der Waals surface area contributed by atoms with E-state index in [0.29, 0.717) is 10.8 Å². The van der Waals surface area contributed by atoms with Gasteiger partial charge in [-0.05, 0) is 38.2 Å². The van der Waals surface area contributed by atoms with Crippen LogP contribution < -0.4 is 5.32 Å². The lowest BCUT2D eigenvalue weighted by molar-refractivity contribution is -0.133. The van der Waals surface area contributed by atoms with Gasteiger partial charge in [-0.15, -0.1) is 11.3 Å². The number of aryl methyl sites for hydroxylation is 1. The summed E-state index contributed by atoms with van der Waals surface area (Å²) in [6, 6.07) is 1.40. The van der Waals surface area contributed by atoms with Gasteiger partial charge >= 0.3 is 0 Å². The summed E-state index contributed by atoms with van der Waals surface area (Å²) < 4.78 is 1.83. The molecule has 7 heteroatoms. The van der Waals surface area contributed by atoms with Crippen LogP contribution >= 0.6 is 11.3 Å². The molecule has 2 aromatic rings. The van der Waals surface area contributed by atoms with Gasteiger partial charge in [0.2, 0.25) is 5.91 Å². The fourth-order valence-corrected chi connectivity index (χ4v) is 4.31. The number of thiophene rings is 1. The minimum atomic E-state index is -0.501. The second-order valence-electron chi connectivity index (χ2n) is 7.07. The van der Waals surface area contributed by atoms with E-state index >= 15 is 0 Å². The quantitative estimate of drug-likeness (QED) is 0.909. The summed E-state index contributed by atoms with van der Waals surface area (Å²) >= 11 is 1.42. The third kappa shape index (κ3) is 3.56. The van der Waals surface area contributed by atoms with Crippen LogP contribution in [0.4, 0.5) is 0 Å². The molecule has 0 aliphatic carbocycles. The Labute approximate surface area is 152 Å². The van der Waals surface area contributed by atoms with Crippen LogP contribution in [0.3, 0.4) is 0 Å². The second kappa shape index (κ2) is 7.15. The zero-order valence-corrected chi connectivity index (χ0v) is 16.2. The zero-order valence-electron chi connectivity index (χ0n) is 15.3. The molecule has 1 N–H and O–H groups in total. The van der Waals surface area contributed by atoms with Crippen LogP contribution in [0.1, 0.15) is 61.3 Å². The van der Waals surface area contributed by atoms with E-state index in [1.807, 2.05) is 22.7 Å². The van der Waals surface area contributed by atoms with Crippen molar-refractivity contribution in [1.82, 2.24) is 20.0 Å². The lowest BCUT2D eigenvalue weighted by atomic mass is 10.1. The SMILES string of the molecule is CC(C)c1nn(C)c2sc(C(=O)N[C@@H](C)C(=O)N3CCCCC3)cc12. The monoisotopic (exact) mass is 362 g/mol. The first-order valence-electron chi connectivity index (χ1n) is 8.94. The van der Waals surface area contributed by atoms with Crippen LogP contribution in [-0.4, -0.2) is 45.6 Å². The maximum Gasteiger partial charge on any atom is 0.262 e. The molecule has 0 saturated carbocycles. The van der Waals surface area contributed by atoms with Crippen molar-refractivity contribution in [3.63, 3.8) is 0 Å². The first-order valence-corrected chi connectivity index (χ1v) is 9.76. The molecule has 2 amide bonds. The molecule has 0 unspecified atom stereocenters. The lowest BCUT2D eigenvalue weighted by Gasteiger charge is -2.29. The first kappa shape index (κ1) is 17.9. The second-order valence-corrected chi connectivity index (χ2v) is 8.10. The summed E-state index contributed by atoms with van der Waals surface area (Å²) in [4.78, 5) is 28.6. The highest BCUT2D eigenvalue weighted by Gasteiger charge is 2.25. The number of hydrogen-bond acceptors (Lipinski definition) is 4. The van der Waals surface area contributed by atoms with E-state index < -0.39 is 6.04 Å². The molecule has 1 fully saturated rings. The Morgan fingerprint density at radius 3 is 2.52 bits per heavy atom. The molecular weight excluding hydrogens is 336 g/mol. The van der Waals surface area contributed by atoms with Crippen molar-refractivity contribution in [2.75, 3.05) is 13.1 Å². The minimum Gasteiger partial charge on any atom is -0.341 e. The van der Waals surface area contributed by atoms with Crippen molar-refractivity contribution in [2.45, 2.75) is 52.0 Å². The van der Waals surface area contributed by atoms with Gasteiger partial charge in [-0.1, -0.05) is 13.8 Å². The van der Waals surface area contributed by atoms with Crippen LogP contribution in [0.5, 0.6) is 0 Å². The van der Waals surface area contributed by atoms with Crippen LogP contribution in [0.15, 0.2) is 6.07 Å². The molecule has 0 spiro atoms. The van der Waals surface area contributed by atoms with Crippen LogP contribution in [0.2, 0.25) is 0 Å². The highest BCUT2D eigenvalue weighted by molar-refractivity contribution is 7.20. The maximum atomic E-state index is 12.6. The zero-order chi connectivity index (χ0) is 18.1. The van der Waals surface area contributed by atoms with Gasteiger partial charge in [0.15, 0.2) is 0 Å². The summed E-state index contributed by atoms with van der Waals surface area (Å²) in [5.41, 5.74) is 1.00. The van der Waals surface area contributed by atoms with Gasteiger partial charge in [-0.25, -0.2) is 0 Å². The Hall–Kier alpha value is -1.89. The highest BCUT2D eigenvalue weighted by atomic mass is 32.1.